The second-order valence-corrected chi connectivity index (χ2v) is 5.37. The van der Waals surface area contributed by atoms with E-state index in [-0.39, 0.29) is 114 Å². The van der Waals surface area contributed by atoms with Gasteiger partial charge in [0.1, 0.15) is 12.1 Å². The van der Waals surface area contributed by atoms with E-state index in [0.29, 0.717) is 4.68 Å². The van der Waals surface area contributed by atoms with Gasteiger partial charge in [-0.05, 0) is 11.6 Å². The van der Waals surface area contributed by atoms with Gasteiger partial charge < -0.3 is 10.0 Å². The molecule has 0 spiro atoms. The summed E-state index contributed by atoms with van der Waals surface area (Å²) in [7, 11) is -3.40. The molecule has 124 valence electrons. The fourth-order valence-corrected chi connectivity index (χ4v) is 2.64. The molecule has 1 unspecified atom stereocenters. The number of fused-ring (bicyclic) bond motifs is 1. The van der Waals surface area contributed by atoms with E-state index < -0.39 is 42.8 Å². The molecule has 13 heteroatoms. The molecule has 4 nitrogen and oxygen atoms in total. The van der Waals surface area contributed by atoms with Crippen molar-refractivity contribution in [2.24, 2.45) is 0 Å². The molecule has 2 aromatic rings. The molecular formula is C12H7BF6K2N2O2. The first-order valence-corrected chi connectivity index (χ1v) is 6.38. The summed E-state index contributed by atoms with van der Waals surface area (Å²) >= 11 is 0. The average molecular weight is 414 g/mol. The van der Waals surface area contributed by atoms with Gasteiger partial charge in [0.15, 0.2) is 11.8 Å². The molecule has 0 aliphatic heterocycles. The molecule has 3 rings (SSSR count). The zero-order valence-electron chi connectivity index (χ0n) is 13.1. The zero-order valence-corrected chi connectivity index (χ0v) is 19.4. The third-order valence-electron chi connectivity index (χ3n) is 3.93. The maximum Gasteiger partial charge on any atom is 1.00 e. The molecule has 1 aliphatic carbocycles. The monoisotopic (exact) mass is 414 g/mol. The number of halogens is 6. The fourth-order valence-electron chi connectivity index (χ4n) is 2.64. The van der Waals surface area contributed by atoms with Gasteiger partial charge in [0.05, 0.1) is 11.7 Å². The predicted octanol–water partition coefficient (Wildman–Crippen LogP) is -5.42. The summed E-state index contributed by atoms with van der Waals surface area (Å²) in [6.45, 7) is -1.48. The Labute approximate surface area is 223 Å². The predicted molar refractivity (Wildman–Crippen MR) is 63.1 cm³/mol. The first-order valence-electron chi connectivity index (χ1n) is 6.38. The second kappa shape index (κ2) is 8.11. The Morgan fingerprint density at radius 1 is 1.20 bits per heavy atom. The number of hydrogen-bond donors (Lipinski definition) is 0. The molecular weight excluding hydrogens is 407 g/mol. The Hall–Kier alpha value is 1.53. The molecule has 0 saturated heterocycles. The molecule has 3 atom stereocenters. The van der Waals surface area contributed by atoms with E-state index >= 15 is 0 Å². The normalized spacial score (nSPS) is 28.2. The number of benzene rings is 1. The largest absolute Gasteiger partial charge is 1.00 e. The Balaban J connectivity index is 0.00000156. The van der Waals surface area contributed by atoms with Crippen LogP contribution in [0.1, 0.15) is 5.56 Å². The molecule has 25 heavy (non-hydrogen) atoms. The smallest absolute Gasteiger partial charge is 0.891 e. The Bertz CT molecular complexity index is 776. The van der Waals surface area contributed by atoms with Gasteiger partial charge >= 0.3 is 109 Å². The fraction of sp³-hybridized carbons (Fsp3) is 0.417. The number of rotatable bonds is 3. The topological polar surface area (TPSA) is 63.9 Å². The van der Waals surface area contributed by atoms with Crippen molar-refractivity contribution >= 4 is 18.0 Å². The first kappa shape index (κ1) is 24.6. The van der Waals surface area contributed by atoms with Crippen LogP contribution in [0.15, 0.2) is 24.4 Å². The van der Waals surface area contributed by atoms with E-state index in [1.165, 1.54) is 0 Å². The molecule has 1 aromatic carbocycles. The summed E-state index contributed by atoms with van der Waals surface area (Å²) in [5, 5.41) is 25.1. The van der Waals surface area contributed by atoms with E-state index in [2.05, 4.69) is 5.10 Å². The van der Waals surface area contributed by atoms with Crippen molar-refractivity contribution in [3.63, 3.8) is 0 Å². The van der Waals surface area contributed by atoms with Gasteiger partial charge in [0, 0.05) is 5.39 Å². The molecule has 1 aliphatic rings. The van der Waals surface area contributed by atoms with E-state index in [4.69, 9.17) is 0 Å². The minimum atomic E-state index is -4.61. The van der Waals surface area contributed by atoms with Crippen LogP contribution < -0.4 is 113 Å². The van der Waals surface area contributed by atoms with Crippen molar-refractivity contribution in [3.8, 4) is 0 Å². The standard InChI is InChI=1S/C12H7BF6N2O2.2K/c14-9-11(18,12(9,19)13(22)23)7-2-1-6-4-20-21(8(6)3-7)5-10(15,16)17;;/h1-4,9H,5H2;;/q-2;2*+1/t9?,11-,12-;;/m0../s1. The van der Waals surface area contributed by atoms with E-state index in [9.17, 15) is 36.4 Å². The average Bonchev–Trinajstić information content (AvgIpc) is 2.77. The van der Waals surface area contributed by atoms with Crippen LogP contribution in [-0.4, -0.2) is 34.8 Å². The second-order valence-electron chi connectivity index (χ2n) is 5.37. The van der Waals surface area contributed by atoms with Crippen LogP contribution in [0, 0.1) is 0 Å². The van der Waals surface area contributed by atoms with Gasteiger partial charge in [-0.15, -0.1) is 0 Å². The minimum Gasteiger partial charge on any atom is -0.891 e. The molecule has 0 amide bonds. The minimum absolute atomic E-state index is 0. The summed E-state index contributed by atoms with van der Waals surface area (Å²) in [5.74, 6) is 0. The molecule has 1 saturated carbocycles. The van der Waals surface area contributed by atoms with Crippen molar-refractivity contribution in [3.05, 3.63) is 30.0 Å². The Morgan fingerprint density at radius 2 is 1.80 bits per heavy atom. The molecule has 0 bridgehead atoms. The summed E-state index contributed by atoms with van der Waals surface area (Å²) < 4.78 is 79.6. The maximum atomic E-state index is 14.4. The van der Waals surface area contributed by atoms with Crippen molar-refractivity contribution in [1.82, 2.24) is 9.78 Å². The third-order valence-corrected chi connectivity index (χ3v) is 3.93. The van der Waals surface area contributed by atoms with E-state index in [0.717, 1.165) is 24.4 Å². The van der Waals surface area contributed by atoms with Gasteiger partial charge in [-0.3, -0.25) is 4.68 Å². The van der Waals surface area contributed by atoms with Crippen LogP contribution in [0.2, 0.25) is 0 Å². The Morgan fingerprint density at radius 3 is 2.28 bits per heavy atom. The molecule has 1 aromatic heterocycles. The van der Waals surface area contributed by atoms with Gasteiger partial charge in [-0.25, -0.2) is 13.2 Å². The number of nitrogens with zero attached hydrogens (tertiary/aromatic N) is 2. The van der Waals surface area contributed by atoms with Crippen LogP contribution >= 0.6 is 0 Å². The summed E-state index contributed by atoms with van der Waals surface area (Å²) in [6.07, 6.45) is -6.50. The zero-order chi connectivity index (χ0) is 17.2. The van der Waals surface area contributed by atoms with Gasteiger partial charge in [0.25, 0.3) is 0 Å². The quantitative estimate of drug-likeness (QED) is 0.372. The van der Waals surface area contributed by atoms with Crippen molar-refractivity contribution in [2.75, 3.05) is 0 Å². The van der Waals surface area contributed by atoms with Crippen LogP contribution in [0.25, 0.3) is 10.9 Å². The summed E-state index contributed by atoms with van der Waals surface area (Å²) in [4.78, 5) is 0. The SMILES string of the molecule is [K+].[K+].[O-]B([O-])[C@]1(F)C(F)[C@@]1(F)c1ccc2cnn(CC(F)(F)F)c2c1. The number of alkyl halides is 6. The van der Waals surface area contributed by atoms with Crippen molar-refractivity contribution < 1.29 is 139 Å². The molecule has 1 fully saturated rings. The summed E-state index contributed by atoms with van der Waals surface area (Å²) in [5.41, 5.74) is -8.18. The van der Waals surface area contributed by atoms with Crippen LogP contribution in [0.3, 0.4) is 0 Å². The van der Waals surface area contributed by atoms with Gasteiger partial charge in [-0.1, -0.05) is 19.3 Å². The first-order chi connectivity index (χ1) is 10.5. The molecule has 0 radical (unpaired) electrons. The number of aromatic nitrogens is 2. The third kappa shape index (κ3) is 3.99. The molecule has 0 N–H and O–H groups in total. The van der Waals surface area contributed by atoms with E-state index in [1.807, 2.05) is 0 Å². The van der Waals surface area contributed by atoms with E-state index in [1.54, 1.807) is 0 Å². The summed E-state index contributed by atoms with van der Waals surface area (Å²) in [6, 6.07) is 2.80. The van der Waals surface area contributed by atoms with Crippen LogP contribution in [0.4, 0.5) is 26.3 Å². The number of hydrogen-bond acceptors (Lipinski definition) is 3. The molecule has 1 heterocycles. The van der Waals surface area contributed by atoms with Gasteiger partial charge in [-0.2, -0.15) is 18.3 Å². The van der Waals surface area contributed by atoms with Crippen molar-refractivity contribution in [1.29, 1.82) is 0 Å². The van der Waals surface area contributed by atoms with Gasteiger partial charge in [0.2, 0.25) is 0 Å². The van der Waals surface area contributed by atoms with Crippen LogP contribution in [0.5, 0.6) is 0 Å². The Kier molecular flexibility index (Phi) is 7.96. The van der Waals surface area contributed by atoms with Crippen LogP contribution in [-0.2, 0) is 12.2 Å². The van der Waals surface area contributed by atoms with Crippen molar-refractivity contribution in [2.45, 2.75) is 30.1 Å². The maximum absolute atomic E-state index is 14.4.